The first kappa shape index (κ1) is 18.0. The molecule has 0 unspecified atom stereocenters. The lowest BCUT2D eigenvalue weighted by Gasteiger charge is -2.06. The van der Waals surface area contributed by atoms with E-state index in [-0.39, 0.29) is 24.0 Å². The number of rotatable bonds is 7. The molecule has 0 atom stereocenters. The lowest BCUT2D eigenvalue weighted by Crippen LogP contribution is -2.32. The average Bonchev–Trinajstić information content (AvgIpc) is 2.41. The fourth-order valence-electron chi connectivity index (χ4n) is 1.63. The van der Waals surface area contributed by atoms with Gasteiger partial charge in [0.2, 0.25) is 0 Å². The molecule has 108 valence electrons. The van der Waals surface area contributed by atoms with Crippen LogP contribution >= 0.6 is 24.0 Å². The Morgan fingerprint density at radius 1 is 1.42 bits per heavy atom. The van der Waals surface area contributed by atoms with Gasteiger partial charge in [-0.15, -0.1) is 24.0 Å². The van der Waals surface area contributed by atoms with Crippen molar-refractivity contribution < 1.29 is 4.74 Å². The standard InChI is InChI=1S/C14H23N3O.HI/c1-3-9-16-14(15)17-10-5-7-12-6-4-8-13(11-12)18-2;/h4,6,8,11H,3,5,7,9-10H2,1-2H3,(H3,15,16,17);1H. The van der Waals surface area contributed by atoms with Crippen LogP contribution in [0.3, 0.4) is 0 Å². The Balaban J connectivity index is 0.00000324. The number of nitrogens with two attached hydrogens (primary N) is 1. The predicted octanol–water partition coefficient (Wildman–Crippen LogP) is 2.56. The van der Waals surface area contributed by atoms with Crippen LogP contribution in [-0.2, 0) is 6.42 Å². The minimum Gasteiger partial charge on any atom is -0.497 e. The van der Waals surface area contributed by atoms with E-state index in [0.717, 1.165) is 38.1 Å². The van der Waals surface area contributed by atoms with Crippen LogP contribution < -0.4 is 15.8 Å². The second kappa shape index (κ2) is 10.9. The molecule has 0 amide bonds. The normalized spacial score (nSPS) is 10.7. The van der Waals surface area contributed by atoms with Crippen LogP contribution in [0.5, 0.6) is 5.75 Å². The molecule has 1 aromatic rings. The van der Waals surface area contributed by atoms with E-state index in [1.54, 1.807) is 7.11 Å². The summed E-state index contributed by atoms with van der Waals surface area (Å²) < 4.78 is 5.19. The third-order valence-electron chi connectivity index (χ3n) is 2.59. The number of aliphatic imine (C=N–C) groups is 1. The molecule has 0 aliphatic heterocycles. The van der Waals surface area contributed by atoms with Crippen molar-refractivity contribution in [3.05, 3.63) is 29.8 Å². The molecular weight excluding hydrogens is 353 g/mol. The molecule has 0 fully saturated rings. The zero-order chi connectivity index (χ0) is 13.2. The molecule has 0 saturated heterocycles. The van der Waals surface area contributed by atoms with Crippen LogP contribution in [0, 0.1) is 0 Å². The summed E-state index contributed by atoms with van der Waals surface area (Å²) in [5.74, 6) is 1.45. The molecule has 0 heterocycles. The van der Waals surface area contributed by atoms with Gasteiger partial charge in [-0.3, -0.25) is 4.99 Å². The van der Waals surface area contributed by atoms with Crippen molar-refractivity contribution >= 4 is 29.9 Å². The van der Waals surface area contributed by atoms with Gasteiger partial charge < -0.3 is 15.8 Å². The number of hydrogen-bond donors (Lipinski definition) is 2. The number of halogens is 1. The number of nitrogens with zero attached hydrogens (tertiary/aromatic N) is 1. The summed E-state index contributed by atoms with van der Waals surface area (Å²) in [6.07, 6.45) is 3.05. The zero-order valence-electron chi connectivity index (χ0n) is 11.7. The molecule has 4 nitrogen and oxygen atoms in total. The van der Waals surface area contributed by atoms with Crippen LogP contribution in [0.15, 0.2) is 29.3 Å². The van der Waals surface area contributed by atoms with Crippen molar-refractivity contribution in [2.45, 2.75) is 26.2 Å². The molecule has 0 bridgehead atoms. The fourth-order valence-corrected chi connectivity index (χ4v) is 1.63. The second-order valence-corrected chi connectivity index (χ2v) is 4.15. The Bertz CT molecular complexity index is 383. The number of ether oxygens (including phenoxy) is 1. The monoisotopic (exact) mass is 377 g/mol. The first-order chi connectivity index (χ1) is 8.76. The molecule has 3 N–H and O–H groups in total. The van der Waals surface area contributed by atoms with E-state index >= 15 is 0 Å². The molecule has 5 heteroatoms. The molecule has 0 radical (unpaired) electrons. The first-order valence-electron chi connectivity index (χ1n) is 6.43. The van der Waals surface area contributed by atoms with Gasteiger partial charge in [-0.1, -0.05) is 19.1 Å². The van der Waals surface area contributed by atoms with Gasteiger partial charge in [0.25, 0.3) is 0 Å². The third-order valence-corrected chi connectivity index (χ3v) is 2.59. The molecule has 19 heavy (non-hydrogen) atoms. The van der Waals surface area contributed by atoms with E-state index in [9.17, 15) is 0 Å². The van der Waals surface area contributed by atoms with Crippen LogP contribution in [0.2, 0.25) is 0 Å². The highest BCUT2D eigenvalue weighted by Gasteiger charge is 1.96. The SMILES string of the molecule is CCCN=C(N)NCCCc1cccc(OC)c1.I. The van der Waals surface area contributed by atoms with Gasteiger partial charge in [-0.25, -0.2) is 0 Å². The van der Waals surface area contributed by atoms with Gasteiger partial charge in [0.15, 0.2) is 5.96 Å². The van der Waals surface area contributed by atoms with Gasteiger partial charge in [0.05, 0.1) is 7.11 Å². The van der Waals surface area contributed by atoms with Gasteiger partial charge in [-0.2, -0.15) is 0 Å². The van der Waals surface area contributed by atoms with Crippen molar-refractivity contribution in [2.75, 3.05) is 20.2 Å². The molecular formula is C14H24IN3O. The first-order valence-corrected chi connectivity index (χ1v) is 6.43. The van der Waals surface area contributed by atoms with Crippen molar-refractivity contribution in [2.24, 2.45) is 10.7 Å². The van der Waals surface area contributed by atoms with Gasteiger partial charge >= 0.3 is 0 Å². The number of nitrogens with one attached hydrogen (secondary N) is 1. The summed E-state index contributed by atoms with van der Waals surface area (Å²) in [4.78, 5) is 4.18. The molecule has 1 aromatic carbocycles. The minimum absolute atomic E-state index is 0. The highest BCUT2D eigenvalue weighted by molar-refractivity contribution is 14.0. The van der Waals surface area contributed by atoms with Crippen LogP contribution in [0.25, 0.3) is 0 Å². The third kappa shape index (κ3) is 7.92. The Morgan fingerprint density at radius 3 is 2.89 bits per heavy atom. The molecule has 1 rings (SSSR count). The lowest BCUT2D eigenvalue weighted by atomic mass is 10.1. The van der Waals surface area contributed by atoms with Crippen molar-refractivity contribution in [3.63, 3.8) is 0 Å². The summed E-state index contributed by atoms with van der Waals surface area (Å²) in [6.45, 7) is 3.71. The van der Waals surface area contributed by atoms with E-state index in [1.807, 2.05) is 12.1 Å². The highest BCUT2D eigenvalue weighted by atomic mass is 127. The number of methoxy groups -OCH3 is 1. The zero-order valence-corrected chi connectivity index (χ0v) is 14.0. The van der Waals surface area contributed by atoms with Gasteiger partial charge in [-0.05, 0) is 37.0 Å². The molecule has 0 aliphatic carbocycles. The van der Waals surface area contributed by atoms with E-state index in [0.29, 0.717) is 5.96 Å². The molecule has 0 spiro atoms. The maximum Gasteiger partial charge on any atom is 0.188 e. The van der Waals surface area contributed by atoms with Crippen LogP contribution in [-0.4, -0.2) is 26.2 Å². The summed E-state index contributed by atoms with van der Waals surface area (Å²) in [6, 6.07) is 8.14. The summed E-state index contributed by atoms with van der Waals surface area (Å²) in [7, 11) is 1.69. The Morgan fingerprint density at radius 2 is 2.21 bits per heavy atom. The Labute approximate surface area is 132 Å². The van der Waals surface area contributed by atoms with Crippen molar-refractivity contribution in [1.29, 1.82) is 0 Å². The molecule has 0 saturated carbocycles. The minimum atomic E-state index is 0. The predicted molar refractivity (Wildman–Crippen MR) is 91.5 cm³/mol. The Kier molecular flexibility index (Phi) is 10.3. The topological polar surface area (TPSA) is 59.6 Å². The Hall–Kier alpha value is -0.980. The van der Waals surface area contributed by atoms with E-state index in [4.69, 9.17) is 10.5 Å². The lowest BCUT2D eigenvalue weighted by molar-refractivity contribution is 0.414. The summed E-state index contributed by atoms with van der Waals surface area (Å²) in [5, 5.41) is 3.11. The summed E-state index contributed by atoms with van der Waals surface area (Å²) >= 11 is 0. The smallest absolute Gasteiger partial charge is 0.188 e. The number of hydrogen-bond acceptors (Lipinski definition) is 2. The average molecular weight is 377 g/mol. The van der Waals surface area contributed by atoms with Crippen LogP contribution in [0.1, 0.15) is 25.3 Å². The number of guanidine groups is 1. The van der Waals surface area contributed by atoms with Crippen LogP contribution in [0.4, 0.5) is 0 Å². The highest BCUT2D eigenvalue weighted by Crippen LogP contribution is 2.13. The van der Waals surface area contributed by atoms with Crippen molar-refractivity contribution in [3.8, 4) is 5.75 Å². The largest absolute Gasteiger partial charge is 0.497 e. The van der Waals surface area contributed by atoms with E-state index in [2.05, 4.69) is 29.4 Å². The summed E-state index contributed by atoms with van der Waals surface area (Å²) in [5.41, 5.74) is 6.98. The van der Waals surface area contributed by atoms with E-state index < -0.39 is 0 Å². The quantitative estimate of drug-likeness (QED) is 0.332. The second-order valence-electron chi connectivity index (χ2n) is 4.15. The van der Waals surface area contributed by atoms with Gasteiger partial charge in [0.1, 0.15) is 5.75 Å². The maximum absolute atomic E-state index is 5.70. The molecule has 0 aromatic heterocycles. The molecule has 0 aliphatic rings. The van der Waals surface area contributed by atoms with Crippen molar-refractivity contribution in [1.82, 2.24) is 5.32 Å². The number of benzene rings is 1. The van der Waals surface area contributed by atoms with E-state index in [1.165, 1.54) is 5.56 Å². The fraction of sp³-hybridized carbons (Fsp3) is 0.500. The number of aryl methyl sites for hydroxylation is 1. The van der Waals surface area contributed by atoms with Gasteiger partial charge in [0, 0.05) is 13.1 Å². The maximum atomic E-state index is 5.70.